The molecule has 0 aliphatic carbocycles. The van der Waals surface area contributed by atoms with Crippen molar-refractivity contribution in [3.8, 4) is 22.8 Å². The minimum absolute atomic E-state index is 0.222. The molecule has 0 atom stereocenters. The van der Waals surface area contributed by atoms with Crippen LogP contribution in [-0.4, -0.2) is 29.9 Å². The Hall–Kier alpha value is -3.13. The van der Waals surface area contributed by atoms with E-state index in [2.05, 4.69) is 26.3 Å². The number of hydrogen-bond acceptors (Lipinski definition) is 5. The number of nitrogens with zero attached hydrogens (tertiary/aromatic N) is 2. The van der Waals surface area contributed by atoms with E-state index in [-0.39, 0.29) is 12.1 Å². The molecule has 0 saturated heterocycles. The first kappa shape index (κ1) is 19.6. The summed E-state index contributed by atoms with van der Waals surface area (Å²) in [7, 11) is 3.05. The van der Waals surface area contributed by atoms with E-state index in [1.54, 1.807) is 24.3 Å². The molecule has 0 saturated carbocycles. The highest BCUT2D eigenvalue weighted by Gasteiger charge is 2.10. The minimum Gasteiger partial charge on any atom is -0.497 e. The summed E-state index contributed by atoms with van der Waals surface area (Å²) < 4.78 is 12.4. The van der Waals surface area contributed by atoms with Gasteiger partial charge in [0.05, 0.1) is 19.9 Å². The SMILES string of the molecule is COc1cc(NC(=O)Cn2nc(-c3cccc(Br)c3)ccc2=O)cc(OC)c1. The van der Waals surface area contributed by atoms with Gasteiger partial charge in [-0.3, -0.25) is 9.59 Å². The molecule has 1 heterocycles. The van der Waals surface area contributed by atoms with E-state index in [1.807, 2.05) is 24.3 Å². The van der Waals surface area contributed by atoms with Crippen LogP contribution in [0.3, 0.4) is 0 Å². The molecule has 1 amide bonds. The lowest BCUT2D eigenvalue weighted by Gasteiger charge is -2.11. The zero-order valence-corrected chi connectivity index (χ0v) is 16.9. The van der Waals surface area contributed by atoms with Crippen LogP contribution in [0.5, 0.6) is 11.5 Å². The van der Waals surface area contributed by atoms with Crippen LogP contribution in [0.4, 0.5) is 5.69 Å². The number of nitrogens with one attached hydrogen (secondary N) is 1. The molecule has 7 nitrogen and oxygen atoms in total. The number of hydrogen-bond donors (Lipinski definition) is 1. The van der Waals surface area contributed by atoms with Crippen molar-refractivity contribution in [2.24, 2.45) is 0 Å². The molecule has 3 rings (SSSR count). The molecule has 0 unspecified atom stereocenters. The van der Waals surface area contributed by atoms with Crippen LogP contribution < -0.4 is 20.3 Å². The molecule has 0 fully saturated rings. The molecule has 1 N–H and O–H groups in total. The first-order chi connectivity index (χ1) is 13.5. The van der Waals surface area contributed by atoms with E-state index >= 15 is 0 Å². The Morgan fingerprint density at radius 2 is 1.79 bits per heavy atom. The Morgan fingerprint density at radius 1 is 1.07 bits per heavy atom. The van der Waals surface area contributed by atoms with Gasteiger partial charge in [-0.25, -0.2) is 4.68 Å². The maximum atomic E-state index is 12.4. The van der Waals surface area contributed by atoms with Crippen LogP contribution in [-0.2, 0) is 11.3 Å². The van der Waals surface area contributed by atoms with Gasteiger partial charge < -0.3 is 14.8 Å². The van der Waals surface area contributed by atoms with E-state index in [0.29, 0.717) is 22.9 Å². The monoisotopic (exact) mass is 443 g/mol. The highest BCUT2D eigenvalue weighted by atomic mass is 79.9. The van der Waals surface area contributed by atoms with Gasteiger partial charge in [0.1, 0.15) is 18.0 Å². The molecular formula is C20H18BrN3O4. The molecule has 0 aliphatic heterocycles. The predicted molar refractivity (Wildman–Crippen MR) is 110 cm³/mol. The second-order valence-electron chi connectivity index (χ2n) is 5.87. The fraction of sp³-hybridized carbons (Fsp3) is 0.150. The Bertz CT molecular complexity index is 1040. The number of carbonyl (C=O) groups is 1. The zero-order chi connectivity index (χ0) is 20.1. The number of halogens is 1. The van der Waals surface area contributed by atoms with Crippen molar-refractivity contribution in [2.75, 3.05) is 19.5 Å². The predicted octanol–water partition coefficient (Wildman–Crippen LogP) is 3.33. The third-order valence-electron chi connectivity index (χ3n) is 3.92. The quantitative estimate of drug-likeness (QED) is 0.631. The van der Waals surface area contributed by atoms with Gasteiger partial charge >= 0.3 is 0 Å². The molecule has 0 aliphatic rings. The van der Waals surface area contributed by atoms with Crippen molar-refractivity contribution in [3.63, 3.8) is 0 Å². The Labute approximate surface area is 170 Å². The lowest BCUT2D eigenvalue weighted by Crippen LogP contribution is -2.29. The average molecular weight is 444 g/mol. The van der Waals surface area contributed by atoms with Crippen molar-refractivity contribution in [1.82, 2.24) is 9.78 Å². The van der Waals surface area contributed by atoms with Gasteiger partial charge in [0.2, 0.25) is 5.91 Å². The molecular weight excluding hydrogens is 426 g/mol. The van der Waals surface area contributed by atoms with Gasteiger partial charge in [-0.05, 0) is 18.2 Å². The van der Waals surface area contributed by atoms with Crippen molar-refractivity contribution in [3.05, 3.63) is 69.4 Å². The van der Waals surface area contributed by atoms with E-state index in [4.69, 9.17) is 9.47 Å². The third kappa shape index (κ3) is 4.77. The second kappa shape index (κ2) is 8.71. The molecule has 2 aromatic carbocycles. The number of aromatic nitrogens is 2. The molecule has 28 heavy (non-hydrogen) atoms. The van der Waals surface area contributed by atoms with Crippen LogP contribution in [0.2, 0.25) is 0 Å². The van der Waals surface area contributed by atoms with E-state index in [0.717, 1.165) is 14.7 Å². The highest BCUT2D eigenvalue weighted by molar-refractivity contribution is 9.10. The summed E-state index contributed by atoms with van der Waals surface area (Å²) >= 11 is 3.41. The molecule has 0 spiro atoms. The molecule has 3 aromatic rings. The van der Waals surface area contributed by atoms with Crippen molar-refractivity contribution >= 4 is 27.5 Å². The fourth-order valence-corrected chi connectivity index (χ4v) is 2.98. The van der Waals surface area contributed by atoms with Crippen LogP contribution in [0.1, 0.15) is 0 Å². The Morgan fingerprint density at radius 3 is 2.43 bits per heavy atom. The van der Waals surface area contributed by atoms with Crippen molar-refractivity contribution in [2.45, 2.75) is 6.54 Å². The Kier molecular flexibility index (Phi) is 6.10. The first-order valence-corrected chi connectivity index (χ1v) is 9.15. The van der Waals surface area contributed by atoms with Gasteiger partial charge in [0.15, 0.2) is 0 Å². The maximum absolute atomic E-state index is 12.4. The summed E-state index contributed by atoms with van der Waals surface area (Å²) in [6, 6.07) is 15.6. The summed E-state index contributed by atoms with van der Waals surface area (Å²) in [5, 5.41) is 7.04. The number of rotatable bonds is 6. The topological polar surface area (TPSA) is 82.5 Å². The molecule has 1 aromatic heterocycles. The molecule has 144 valence electrons. The maximum Gasteiger partial charge on any atom is 0.267 e. The first-order valence-electron chi connectivity index (χ1n) is 8.35. The number of methoxy groups -OCH3 is 2. The minimum atomic E-state index is -0.392. The van der Waals surface area contributed by atoms with E-state index in [1.165, 1.54) is 20.3 Å². The summed E-state index contributed by atoms with van der Waals surface area (Å²) in [4.78, 5) is 24.6. The number of anilines is 1. The van der Waals surface area contributed by atoms with Gasteiger partial charge in [-0.2, -0.15) is 5.10 Å². The average Bonchev–Trinajstić information content (AvgIpc) is 2.69. The normalized spacial score (nSPS) is 10.4. The molecule has 0 bridgehead atoms. The van der Waals surface area contributed by atoms with Gasteiger partial charge in [-0.15, -0.1) is 0 Å². The summed E-state index contributed by atoms with van der Waals surface area (Å²) in [6.45, 7) is -0.222. The van der Waals surface area contributed by atoms with Crippen LogP contribution in [0.15, 0.2) is 63.9 Å². The highest BCUT2D eigenvalue weighted by Crippen LogP contribution is 2.25. The molecule has 8 heteroatoms. The van der Waals surface area contributed by atoms with Crippen LogP contribution in [0.25, 0.3) is 11.3 Å². The van der Waals surface area contributed by atoms with E-state index in [9.17, 15) is 9.59 Å². The van der Waals surface area contributed by atoms with Crippen LogP contribution >= 0.6 is 15.9 Å². The van der Waals surface area contributed by atoms with E-state index < -0.39 is 5.91 Å². The van der Waals surface area contributed by atoms with Gasteiger partial charge in [-0.1, -0.05) is 28.1 Å². The molecule has 0 radical (unpaired) electrons. The van der Waals surface area contributed by atoms with Gasteiger partial charge in [0, 0.05) is 40.0 Å². The number of benzene rings is 2. The lowest BCUT2D eigenvalue weighted by molar-refractivity contribution is -0.117. The van der Waals surface area contributed by atoms with Crippen molar-refractivity contribution in [1.29, 1.82) is 0 Å². The smallest absolute Gasteiger partial charge is 0.267 e. The second-order valence-corrected chi connectivity index (χ2v) is 6.79. The summed E-state index contributed by atoms with van der Waals surface area (Å²) in [5.41, 5.74) is 1.56. The largest absolute Gasteiger partial charge is 0.497 e. The van der Waals surface area contributed by atoms with Gasteiger partial charge in [0.25, 0.3) is 5.56 Å². The number of ether oxygens (including phenoxy) is 2. The summed E-state index contributed by atoms with van der Waals surface area (Å²) in [5.74, 6) is 0.694. The number of carbonyl (C=O) groups excluding carboxylic acids is 1. The standard InChI is InChI=1S/C20H18BrN3O4/c1-27-16-9-15(10-17(11-16)28-2)22-19(25)12-24-20(26)7-6-18(23-24)13-4-3-5-14(21)8-13/h3-11H,12H2,1-2H3,(H,22,25). The van der Waals surface area contributed by atoms with Crippen molar-refractivity contribution < 1.29 is 14.3 Å². The Balaban J connectivity index is 1.81. The lowest BCUT2D eigenvalue weighted by atomic mass is 10.1. The summed E-state index contributed by atoms with van der Waals surface area (Å²) in [6.07, 6.45) is 0. The fourth-order valence-electron chi connectivity index (χ4n) is 2.58. The zero-order valence-electron chi connectivity index (χ0n) is 15.3. The van der Waals surface area contributed by atoms with Crippen LogP contribution in [0, 0.1) is 0 Å². The third-order valence-corrected chi connectivity index (χ3v) is 4.41. The number of amides is 1.